The van der Waals surface area contributed by atoms with Crippen molar-refractivity contribution in [3.63, 3.8) is 0 Å². The number of carbonyl (C=O) groups excluding carboxylic acids is 1. The van der Waals surface area contributed by atoms with Crippen molar-refractivity contribution in [2.24, 2.45) is 0 Å². The van der Waals surface area contributed by atoms with Gasteiger partial charge in [-0.05, 0) is 0 Å². The Kier molecular flexibility index (Phi) is 3.85. The Hall–Kier alpha value is -0.940. The lowest BCUT2D eigenvalue weighted by atomic mass is 10.4. The molecule has 0 aliphatic carbocycles. The van der Waals surface area contributed by atoms with E-state index in [1.54, 1.807) is 6.20 Å². The molecule has 0 aromatic carbocycles. The Balaban J connectivity index is 2.26. The van der Waals surface area contributed by atoms with Gasteiger partial charge in [-0.3, -0.25) is 4.79 Å². The maximum absolute atomic E-state index is 11.2. The molecule has 0 unspecified atom stereocenters. The normalized spacial score (nSPS) is 10.4. The molecule has 2 N–H and O–H groups in total. The molecule has 0 saturated carbocycles. The van der Waals surface area contributed by atoms with Gasteiger partial charge in [-0.2, -0.15) is 0 Å². The summed E-state index contributed by atoms with van der Waals surface area (Å²) in [5.74, 6) is -0.0522. The second-order valence-electron chi connectivity index (χ2n) is 2.92. The molecule has 13 heavy (non-hydrogen) atoms. The topological polar surface area (TPSA) is 54.0 Å². The van der Waals surface area contributed by atoms with Crippen molar-refractivity contribution in [2.75, 3.05) is 11.9 Å². The SMILES string of the molecule is CC(C)NCC(=O)Nc1nccs1. The third-order valence-corrected chi connectivity index (χ3v) is 2.04. The van der Waals surface area contributed by atoms with E-state index in [0.29, 0.717) is 17.7 Å². The first-order valence-corrected chi connectivity index (χ1v) is 4.99. The van der Waals surface area contributed by atoms with E-state index in [9.17, 15) is 4.79 Å². The lowest BCUT2D eigenvalue weighted by Gasteiger charge is -2.06. The summed E-state index contributed by atoms with van der Waals surface area (Å²) in [5, 5.41) is 8.18. The van der Waals surface area contributed by atoms with E-state index in [-0.39, 0.29) is 5.91 Å². The molecule has 72 valence electrons. The van der Waals surface area contributed by atoms with Crippen molar-refractivity contribution < 1.29 is 4.79 Å². The number of anilines is 1. The van der Waals surface area contributed by atoms with Crippen LogP contribution in [0, 0.1) is 0 Å². The number of aromatic nitrogens is 1. The van der Waals surface area contributed by atoms with Crippen molar-refractivity contribution in [3.8, 4) is 0 Å². The Morgan fingerprint density at radius 2 is 2.46 bits per heavy atom. The first-order chi connectivity index (χ1) is 6.18. The highest BCUT2D eigenvalue weighted by Gasteiger charge is 2.03. The van der Waals surface area contributed by atoms with E-state index in [4.69, 9.17) is 0 Å². The van der Waals surface area contributed by atoms with Crippen LogP contribution in [0.4, 0.5) is 5.13 Å². The molecule has 0 bridgehead atoms. The molecule has 0 saturated heterocycles. The lowest BCUT2D eigenvalue weighted by molar-refractivity contribution is -0.115. The van der Waals surface area contributed by atoms with E-state index in [0.717, 1.165) is 0 Å². The van der Waals surface area contributed by atoms with Gasteiger partial charge >= 0.3 is 0 Å². The largest absolute Gasteiger partial charge is 0.306 e. The van der Waals surface area contributed by atoms with E-state index in [2.05, 4.69) is 15.6 Å². The predicted octanol–water partition coefficient (Wildman–Crippen LogP) is 1.08. The second-order valence-corrected chi connectivity index (χ2v) is 3.82. The van der Waals surface area contributed by atoms with Crippen molar-refractivity contribution in [3.05, 3.63) is 11.6 Å². The molecule has 1 heterocycles. The van der Waals surface area contributed by atoms with Gasteiger partial charge in [-0.1, -0.05) is 13.8 Å². The summed E-state index contributed by atoms with van der Waals surface area (Å²) in [4.78, 5) is 15.2. The Morgan fingerprint density at radius 3 is 3.00 bits per heavy atom. The highest BCUT2D eigenvalue weighted by Crippen LogP contribution is 2.09. The predicted molar refractivity (Wildman–Crippen MR) is 53.9 cm³/mol. The van der Waals surface area contributed by atoms with Crippen LogP contribution in [0.3, 0.4) is 0 Å². The number of rotatable bonds is 4. The van der Waals surface area contributed by atoms with Crippen LogP contribution >= 0.6 is 11.3 Å². The fourth-order valence-electron chi connectivity index (χ4n) is 0.745. The maximum Gasteiger partial charge on any atom is 0.240 e. The van der Waals surface area contributed by atoms with Crippen LogP contribution in [0.5, 0.6) is 0 Å². The number of nitrogens with zero attached hydrogens (tertiary/aromatic N) is 1. The number of hydrogen-bond acceptors (Lipinski definition) is 4. The fourth-order valence-corrected chi connectivity index (χ4v) is 1.29. The van der Waals surface area contributed by atoms with Crippen molar-refractivity contribution in [1.29, 1.82) is 0 Å². The number of thiazole rings is 1. The summed E-state index contributed by atoms with van der Waals surface area (Å²) in [5.41, 5.74) is 0. The average Bonchev–Trinajstić information content (AvgIpc) is 2.53. The Morgan fingerprint density at radius 1 is 1.69 bits per heavy atom. The van der Waals surface area contributed by atoms with Crippen LogP contribution < -0.4 is 10.6 Å². The van der Waals surface area contributed by atoms with Crippen molar-refractivity contribution in [2.45, 2.75) is 19.9 Å². The molecule has 0 fully saturated rings. The van der Waals surface area contributed by atoms with Crippen LogP contribution in [-0.4, -0.2) is 23.5 Å². The number of carbonyl (C=O) groups is 1. The van der Waals surface area contributed by atoms with E-state index >= 15 is 0 Å². The smallest absolute Gasteiger partial charge is 0.240 e. The second kappa shape index (κ2) is 4.94. The third-order valence-electron chi connectivity index (χ3n) is 1.35. The first kappa shape index (κ1) is 10.1. The summed E-state index contributed by atoms with van der Waals surface area (Å²) in [6.45, 7) is 4.32. The standard InChI is InChI=1S/C8H13N3OS/c1-6(2)10-5-7(12)11-8-9-3-4-13-8/h3-4,6,10H,5H2,1-2H3,(H,9,11,12). The molecule has 0 radical (unpaired) electrons. The third kappa shape index (κ3) is 4.00. The Labute approximate surface area is 81.4 Å². The molecular formula is C8H13N3OS. The summed E-state index contributed by atoms with van der Waals surface area (Å²) in [6, 6.07) is 0.321. The molecule has 0 aliphatic heterocycles. The summed E-state index contributed by atoms with van der Waals surface area (Å²) in [7, 11) is 0. The van der Waals surface area contributed by atoms with Gasteiger partial charge in [0.2, 0.25) is 5.91 Å². The molecule has 4 nitrogen and oxygen atoms in total. The number of hydrogen-bond donors (Lipinski definition) is 2. The summed E-state index contributed by atoms with van der Waals surface area (Å²) < 4.78 is 0. The zero-order valence-corrected chi connectivity index (χ0v) is 8.52. The van der Waals surface area contributed by atoms with Gasteiger partial charge in [-0.15, -0.1) is 11.3 Å². The highest BCUT2D eigenvalue weighted by atomic mass is 32.1. The lowest BCUT2D eigenvalue weighted by Crippen LogP contribution is -2.32. The number of nitrogens with one attached hydrogen (secondary N) is 2. The molecule has 1 rings (SSSR count). The van der Waals surface area contributed by atoms with Crippen LogP contribution in [0.1, 0.15) is 13.8 Å². The molecule has 0 aliphatic rings. The van der Waals surface area contributed by atoms with Crippen LogP contribution in [0.2, 0.25) is 0 Å². The molecule has 0 atom stereocenters. The van der Waals surface area contributed by atoms with Crippen LogP contribution in [0.25, 0.3) is 0 Å². The molecule has 1 aromatic heterocycles. The van der Waals surface area contributed by atoms with Gasteiger partial charge in [0.1, 0.15) is 0 Å². The van der Waals surface area contributed by atoms with Crippen LogP contribution in [-0.2, 0) is 4.79 Å². The fraction of sp³-hybridized carbons (Fsp3) is 0.500. The van der Waals surface area contributed by atoms with Crippen molar-refractivity contribution >= 4 is 22.4 Å². The van der Waals surface area contributed by atoms with Gasteiger partial charge < -0.3 is 10.6 Å². The van der Waals surface area contributed by atoms with Gasteiger partial charge in [0.25, 0.3) is 0 Å². The maximum atomic E-state index is 11.2. The van der Waals surface area contributed by atoms with Gasteiger partial charge in [-0.25, -0.2) is 4.98 Å². The summed E-state index contributed by atoms with van der Waals surface area (Å²) >= 11 is 1.41. The first-order valence-electron chi connectivity index (χ1n) is 4.11. The zero-order chi connectivity index (χ0) is 9.68. The zero-order valence-electron chi connectivity index (χ0n) is 7.70. The molecule has 5 heteroatoms. The van der Waals surface area contributed by atoms with E-state index in [1.165, 1.54) is 11.3 Å². The van der Waals surface area contributed by atoms with E-state index < -0.39 is 0 Å². The van der Waals surface area contributed by atoms with E-state index in [1.807, 2.05) is 19.2 Å². The quantitative estimate of drug-likeness (QED) is 0.763. The van der Waals surface area contributed by atoms with Gasteiger partial charge in [0.05, 0.1) is 6.54 Å². The summed E-state index contributed by atoms with van der Waals surface area (Å²) in [6.07, 6.45) is 1.66. The number of amides is 1. The molecular weight excluding hydrogens is 186 g/mol. The van der Waals surface area contributed by atoms with Crippen molar-refractivity contribution in [1.82, 2.24) is 10.3 Å². The molecule has 0 spiro atoms. The highest BCUT2D eigenvalue weighted by molar-refractivity contribution is 7.13. The molecule has 1 amide bonds. The minimum Gasteiger partial charge on any atom is -0.306 e. The van der Waals surface area contributed by atoms with Gasteiger partial charge in [0, 0.05) is 17.6 Å². The molecule has 1 aromatic rings. The Bertz CT molecular complexity index is 258. The van der Waals surface area contributed by atoms with Crippen LogP contribution in [0.15, 0.2) is 11.6 Å². The van der Waals surface area contributed by atoms with Gasteiger partial charge in [0.15, 0.2) is 5.13 Å². The average molecular weight is 199 g/mol. The monoisotopic (exact) mass is 199 g/mol. The minimum atomic E-state index is -0.0522. The minimum absolute atomic E-state index is 0.0522.